The molecule has 1 aliphatic heterocycles. The number of nitrogens with one attached hydrogen (secondary N) is 1. The zero-order chi connectivity index (χ0) is 13.8. The number of piperidine rings is 1. The number of nitrogens with zero attached hydrogens (tertiary/aromatic N) is 3. The summed E-state index contributed by atoms with van der Waals surface area (Å²) in [5, 5.41) is 21.7. The molecule has 1 aromatic heterocycles. The summed E-state index contributed by atoms with van der Waals surface area (Å²) in [6, 6.07) is 2.86. The summed E-state index contributed by atoms with van der Waals surface area (Å²) in [5.41, 5.74) is 0.766. The van der Waals surface area contributed by atoms with E-state index in [0.717, 1.165) is 25.1 Å². The lowest BCUT2D eigenvalue weighted by atomic mass is 10.1. The van der Waals surface area contributed by atoms with E-state index in [1.807, 2.05) is 4.90 Å². The Morgan fingerprint density at radius 3 is 2.95 bits per heavy atom. The summed E-state index contributed by atoms with van der Waals surface area (Å²) in [6.45, 7) is 1.34. The normalized spacial score (nSPS) is 18.9. The number of anilines is 1. The van der Waals surface area contributed by atoms with Crippen LogP contribution >= 0.6 is 0 Å². The molecule has 2 rings (SSSR count). The Balaban J connectivity index is 2.04. The van der Waals surface area contributed by atoms with Gasteiger partial charge < -0.3 is 25.4 Å². The molecule has 0 radical (unpaired) electrons. The maximum absolute atomic E-state index is 10.6. The third kappa shape index (κ3) is 3.30. The molecular formula is C11H14N4O4. The van der Waals surface area contributed by atoms with Crippen molar-refractivity contribution in [1.82, 2.24) is 10.3 Å². The average molecular weight is 266 g/mol. The molecule has 8 heteroatoms. The number of rotatable bonds is 3. The van der Waals surface area contributed by atoms with E-state index in [2.05, 4.69) is 10.3 Å². The van der Waals surface area contributed by atoms with Gasteiger partial charge in [-0.25, -0.2) is 4.79 Å². The fourth-order valence-electron chi connectivity index (χ4n) is 2.18. The van der Waals surface area contributed by atoms with Crippen molar-refractivity contribution < 1.29 is 14.8 Å². The van der Waals surface area contributed by atoms with Gasteiger partial charge in [-0.1, -0.05) is 0 Å². The SMILES string of the molecule is O=C(O)N[C@H]1CCCN(c2ccc([N+](=O)[O-])nc2)C1. The van der Waals surface area contributed by atoms with Gasteiger partial charge in [0.15, 0.2) is 6.20 Å². The number of carbonyl (C=O) groups is 1. The molecule has 0 saturated carbocycles. The topological polar surface area (TPSA) is 109 Å². The lowest BCUT2D eigenvalue weighted by molar-refractivity contribution is -0.389. The Morgan fingerprint density at radius 2 is 2.37 bits per heavy atom. The van der Waals surface area contributed by atoms with Crippen molar-refractivity contribution in [2.45, 2.75) is 18.9 Å². The fraction of sp³-hybridized carbons (Fsp3) is 0.455. The van der Waals surface area contributed by atoms with Crippen LogP contribution in [0.2, 0.25) is 0 Å². The van der Waals surface area contributed by atoms with E-state index >= 15 is 0 Å². The second kappa shape index (κ2) is 5.51. The average Bonchev–Trinajstić information content (AvgIpc) is 2.38. The van der Waals surface area contributed by atoms with Crippen LogP contribution in [-0.4, -0.2) is 40.2 Å². The molecule has 1 aliphatic rings. The minimum atomic E-state index is -1.03. The largest absolute Gasteiger partial charge is 0.465 e. The Morgan fingerprint density at radius 1 is 1.58 bits per heavy atom. The number of amides is 1. The van der Waals surface area contributed by atoms with Crippen LogP contribution in [0.15, 0.2) is 18.3 Å². The fourth-order valence-corrected chi connectivity index (χ4v) is 2.18. The van der Waals surface area contributed by atoms with Crippen molar-refractivity contribution in [1.29, 1.82) is 0 Å². The van der Waals surface area contributed by atoms with E-state index in [9.17, 15) is 14.9 Å². The molecule has 2 heterocycles. The second-order valence-electron chi connectivity index (χ2n) is 4.37. The maximum Gasteiger partial charge on any atom is 0.404 e. The molecule has 0 aromatic carbocycles. The summed E-state index contributed by atoms with van der Waals surface area (Å²) in [4.78, 5) is 26.3. The number of nitro groups is 1. The van der Waals surface area contributed by atoms with E-state index in [1.54, 1.807) is 6.07 Å². The molecule has 19 heavy (non-hydrogen) atoms. The van der Waals surface area contributed by atoms with Gasteiger partial charge in [-0.2, -0.15) is 0 Å². The summed E-state index contributed by atoms with van der Waals surface area (Å²) < 4.78 is 0. The standard InChI is InChI=1S/C11H14N4O4/c16-11(17)13-8-2-1-5-14(7-8)9-3-4-10(12-6-9)15(18)19/h3-4,6,8,13H,1-2,5,7H2,(H,16,17)/t8-/m0/s1. The van der Waals surface area contributed by atoms with Gasteiger partial charge in [0, 0.05) is 25.2 Å². The third-order valence-corrected chi connectivity index (χ3v) is 3.03. The van der Waals surface area contributed by atoms with Gasteiger partial charge in [-0.15, -0.1) is 0 Å². The molecular weight excluding hydrogens is 252 g/mol. The quantitative estimate of drug-likeness (QED) is 0.629. The first kappa shape index (κ1) is 13.1. The Labute approximate surface area is 109 Å². The van der Waals surface area contributed by atoms with Gasteiger partial charge in [0.25, 0.3) is 0 Å². The lowest BCUT2D eigenvalue weighted by Crippen LogP contribution is -2.47. The number of carboxylic acid groups (broad SMARTS) is 1. The van der Waals surface area contributed by atoms with Crippen LogP contribution in [0.25, 0.3) is 0 Å². The molecule has 102 valence electrons. The van der Waals surface area contributed by atoms with Gasteiger partial charge >= 0.3 is 11.9 Å². The maximum atomic E-state index is 10.6. The van der Waals surface area contributed by atoms with Crippen molar-refractivity contribution in [3.05, 3.63) is 28.4 Å². The van der Waals surface area contributed by atoms with Gasteiger partial charge in [0.1, 0.15) is 0 Å². The first-order valence-electron chi connectivity index (χ1n) is 5.91. The van der Waals surface area contributed by atoms with E-state index < -0.39 is 11.0 Å². The minimum absolute atomic E-state index is 0.124. The van der Waals surface area contributed by atoms with Gasteiger partial charge in [0.05, 0.1) is 5.69 Å². The van der Waals surface area contributed by atoms with Gasteiger partial charge in [-0.3, -0.25) is 0 Å². The van der Waals surface area contributed by atoms with Crippen LogP contribution in [0.1, 0.15) is 12.8 Å². The van der Waals surface area contributed by atoms with Crippen molar-refractivity contribution in [2.75, 3.05) is 18.0 Å². The smallest absolute Gasteiger partial charge is 0.404 e. The first-order valence-corrected chi connectivity index (χ1v) is 5.91. The molecule has 1 atom stereocenters. The third-order valence-electron chi connectivity index (χ3n) is 3.03. The number of hydrogen-bond acceptors (Lipinski definition) is 5. The monoisotopic (exact) mass is 266 g/mol. The van der Waals surface area contributed by atoms with Crippen molar-refractivity contribution in [3.8, 4) is 0 Å². The van der Waals surface area contributed by atoms with E-state index in [1.165, 1.54) is 12.3 Å². The molecule has 1 amide bonds. The number of pyridine rings is 1. The van der Waals surface area contributed by atoms with Crippen LogP contribution in [-0.2, 0) is 0 Å². The van der Waals surface area contributed by atoms with Crippen molar-refractivity contribution in [3.63, 3.8) is 0 Å². The highest BCUT2D eigenvalue weighted by molar-refractivity contribution is 5.65. The highest BCUT2D eigenvalue weighted by Gasteiger charge is 2.22. The summed E-state index contributed by atoms with van der Waals surface area (Å²) in [6.07, 6.45) is 2.07. The lowest BCUT2D eigenvalue weighted by Gasteiger charge is -2.33. The molecule has 2 N–H and O–H groups in total. The number of aromatic nitrogens is 1. The molecule has 0 spiro atoms. The minimum Gasteiger partial charge on any atom is -0.465 e. The molecule has 0 unspecified atom stereocenters. The Hall–Kier alpha value is -2.38. The van der Waals surface area contributed by atoms with E-state index in [4.69, 9.17) is 5.11 Å². The van der Waals surface area contributed by atoms with E-state index in [-0.39, 0.29) is 11.9 Å². The Bertz CT molecular complexity index is 476. The van der Waals surface area contributed by atoms with Crippen LogP contribution in [0.5, 0.6) is 0 Å². The summed E-state index contributed by atoms with van der Waals surface area (Å²) >= 11 is 0. The first-order chi connectivity index (χ1) is 9.06. The van der Waals surface area contributed by atoms with Crippen LogP contribution in [0.3, 0.4) is 0 Å². The zero-order valence-corrected chi connectivity index (χ0v) is 10.2. The predicted molar refractivity (Wildman–Crippen MR) is 67.3 cm³/mol. The molecule has 1 fully saturated rings. The molecule has 1 saturated heterocycles. The highest BCUT2D eigenvalue weighted by atomic mass is 16.6. The zero-order valence-electron chi connectivity index (χ0n) is 10.2. The van der Waals surface area contributed by atoms with Crippen LogP contribution in [0.4, 0.5) is 16.3 Å². The Kier molecular flexibility index (Phi) is 3.79. The molecule has 0 aliphatic carbocycles. The summed E-state index contributed by atoms with van der Waals surface area (Å²) in [7, 11) is 0. The summed E-state index contributed by atoms with van der Waals surface area (Å²) in [5.74, 6) is -0.194. The highest BCUT2D eigenvalue weighted by Crippen LogP contribution is 2.20. The van der Waals surface area contributed by atoms with E-state index in [0.29, 0.717) is 6.54 Å². The molecule has 0 bridgehead atoms. The van der Waals surface area contributed by atoms with Crippen molar-refractivity contribution in [2.24, 2.45) is 0 Å². The second-order valence-corrected chi connectivity index (χ2v) is 4.37. The predicted octanol–water partition coefficient (Wildman–Crippen LogP) is 1.23. The molecule has 1 aromatic rings. The van der Waals surface area contributed by atoms with Gasteiger partial charge in [0.2, 0.25) is 0 Å². The number of hydrogen-bond donors (Lipinski definition) is 2. The van der Waals surface area contributed by atoms with Crippen LogP contribution < -0.4 is 10.2 Å². The van der Waals surface area contributed by atoms with Gasteiger partial charge in [-0.05, 0) is 28.8 Å². The van der Waals surface area contributed by atoms with Crippen molar-refractivity contribution >= 4 is 17.6 Å². The molecule has 8 nitrogen and oxygen atoms in total. The van der Waals surface area contributed by atoms with Crippen LogP contribution in [0, 0.1) is 10.1 Å².